The fourth-order valence-electron chi connectivity index (χ4n) is 2.66. The summed E-state index contributed by atoms with van der Waals surface area (Å²) in [5, 5.41) is 13.4. The van der Waals surface area contributed by atoms with E-state index in [1.165, 1.54) is 19.3 Å². The number of β-amino-alcohol motifs (C(OH)–C–C–N with tert-alkyl or cyclic N) is 1. The zero-order chi connectivity index (χ0) is 14.5. The number of likely N-dealkylation sites (tertiary alicyclic amines) is 1. The Labute approximate surface area is 121 Å². The van der Waals surface area contributed by atoms with Gasteiger partial charge >= 0.3 is 0 Å². The Morgan fingerprint density at radius 2 is 1.85 bits per heavy atom. The molecule has 112 valence electrons. The molecule has 20 heavy (non-hydrogen) atoms. The van der Waals surface area contributed by atoms with E-state index in [-0.39, 0.29) is 6.10 Å². The molecule has 1 fully saturated rings. The maximum atomic E-state index is 10.1. The van der Waals surface area contributed by atoms with Crippen molar-refractivity contribution in [2.24, 2.45) is 0 Å². The first-order chi connectivity index (χ1) is 9.56. The highest BCUT2D eigenvalue weighted by Gasteiger charge is 2.15. The van der Waals surface area contributed by atoms with Gasteiger partial charge in [0.2, 0.25) is 0 Å². The van der Waals surface area contributed by atoms with Gasteiger partial charge in [0.1, 0.15) is 11.6 Å². The maximum absolute atomic E-state index is 10.1. The maximum Gasteiger partial charge on any atom is 0.132 e. The Morgan fingerprint density at radius 3 is 2.55 bits per heavy atom. The van der Waals surface area contributed by atoms with E-state index in [0.29, 0.717) is 6.54 Å². The summed E-state index contributed by atoms with van der Waals surface area (Å²) in [5.74, 6) is 1.61. The van der Waals surface area contributed by atoms with Gasteiger partial charge in [0, 0.05) is 24.3 Å². The molecule has 0 aromatic carbocycles. The summed E-state index contributed by atoms with van der Waals surface area (Å²) in [5.41, 5.74) is 2.05. The summed E-state index contributed by atoms with van der Waals surface area (Å²) in [7, 11) is 0. The SMILES string of the molecule is Cc1nc(C)c(C)c(NC[C@@H](O)CN2CCCCC2)n1. The average molecular weight is 278 g/mol. The van der Waals surface area contributed by atoms with Gasteiger partial charge < -0.3 is 15.3 Å². The molecule has 0 amide bonds. The molecular weight excluding hydrogens is 252 g/mol. The minimum atomic E-state index is -0.358. The van der Waals surface area contributed by atoms with Crippen LogP contribution in [0.5, 0.6) is 0 Å². The van der Waals surface area contributed by atoms with Gasteiger partial charge in [0.05, 0.1) is 6.10 Å². The van der Waals surface area contributed by atoms with E-state index in [1.54, 1.807) is 0 Å². The van der Waals surface area contributed by atoms with Crippen molar-refractivity contribution in [2.45, 2.75) is 46.1 Å². The van der Waals surface area contributed by atoms with Crippen LogP contribution in [0.3, 0.4) is 0 Å². The van der Waals surface area contributed by atoms with Gasteiger partial charge in [-0.3, -0.25) is 0 Å². The highest BCUT2D eigenvalue weighted by atomic mass is 16.3. The van der Waals surface area contributed by atoms with Gasteiger partial charge in [-0.1, -0.05) is 6.42 Å². The minimum absolute atomic E-state index is 0.358. The molecule has 0 saturated carbocycles. The van der Waals surface area contributed by atoms with E-state index in [4.69, 9.17) is 0 Å². The number of hydrogen-bond donors (Lipinski definition) is 2. The number of nitrogens with zero attached hydrogens (tertiary/aromatic N) is 3. The average Bonchev–Trinajstić information content (AvgIpc) is 2.42. The fraction of sp³-hybridized carbons (Fsp3) is 0.733. The first-order valence-electron chi connectivity index (χ1n) is 7.52. The number of anilines is 1. The number of nitrogens with one attached hydrogen (secondary N) is 1. The van der Waals surface area contributed by atoms with E-state index in [9.17, 15) is 5.11 Å². The van der Waals surface area contributed by atoms with Gasteiger partial charge in [0.15, 0.2) is 0 Å². The van der Waals surface area contributed by atoms with E-state index >= 15 is 0 Å². The van der Waals surface area contributed by atoms with Crippen LogP contribution in [-0.2, 0) is 0 Å². The molecule has 1 aliphatic heterocycles. The van der Waals surface area contributed by atoms with Crippen molar-refractivity contribution in [3.8, 4) is 0 Å². The van der Waals surface area contributed by atoms with E-state index in [0.717, 1.165) is 42.5 Å². The Hall–Kier alpha value is -1.20. The molecule has 2 rings (SSSR count). The molecular formula is C15H26N4O. The smallest absolute Gasteiger partial charge is 0.132 e. The first kappa shape index (κ1) is 15.2. The molecule has 2 heterocycles. The summed E-state index contributed by atoms with van der Waals surface area (Å²) in [6, 6.07) is 0. The van der Waals surface area contributed by atoms with Crippen LogP contribution in [0.25, 0.3) is 0 Å². The van der Waals surface area contributed by atoms with Crippen molar-refractivity contribution >= 4 is 5.82 Å². The second-order valence-corrected chi connectivity index (χ2v) is 5.73. The molecule has 5 heteroatoms. The van der Waals surface area contributed by atoms with Crippen LogP contribution in [0, 0.1) is 20.8 Å². The normalized spacial score (nSPS) is 18.0. The van der Waals surface area contributed by atoms with Gasteiger partial charge in [-0.15, -0.1) is 0 Å². The summed E-state index contributed by atoms with van der Waals surface area (Å²) < 4.78 is 0. The van der Waals surface area contributed by atoms with Gasteiger partial charge in [0.25, 0.3) is 0 Å². The molecule has 5 nitrogen and oxygen atoms in total. The number of aliphatic hydroxyl groups excluding tert-OH is 1. The van der Waals surface area contributed by atoms with Crippen LogP contribution in [0.2, 0.25) is 0 Å². The van der Waals surface area contributed by atoms with Gasteiger partial charge in [-0.25, -0.2) is 9.97 Å². The molecule has 0 aliphatic carbocycles. The highest BCUT2D eigenvalue weighted by Crippen LogP contribution is 2.14. The summed E-state index contributed by atoms with van der Waals surface area (Å²) in [6.45, 7) is 9.39. The molecule has 0 bridgehead atoms. The van der Waals surface area contributed by atoms with Gasteiger partial charge in [-0.05, 0) is 46.7 Å². The second kappa shape index (κ2) is 6.99. The largest absolute Gasteiger partial charge is 0.390 e. The summed E-state index contributed by atoms with van der Waals surface area (Å²) in [6.07, 6.45) is 3.47. The second-order valence-electron chi connectivity index (χ2n) is 5.73. The fourth-order valence-corrected chi connectivity index (χ4v) is 2.66. The van der Waals surface area contributed by atoms with E-state index in [1.807, 2.05) is 20.8 Å². The van der Waals surface area contributed by atoms with E-state index < -0.39 is 0 Å². The van der Waals surface area contributed by atoms with Crippen molar-refractivity contribution in [1.29, 1.82) is 0 Å². The van der Waals surface area contributed by atoms with Crippen molar-refractivity contribution in [3.63, 3.8) is 0 Å². The van der Waals surface area contributed by atoms with Gasteiger partial charge in [-0.2, -0.15) is 0 Å². The lowest BCUT2D eigenvalue weighted by atomic mass is 10.1. The molecule has 0 unspecified atom stereocenters. The Kier molecular flexibility index (Phi) is 5.31. The lowest BCUT2D eigenvalue weighted by molar-refractivity contribution is 0.109. The molecule has 0 radical (unpaired) electrons. The molecule has 1 atom stereocenters. The number of aliphatic hydroxyl groups is 1. The van der Waals surface area contributed by atoms with Crippen molar-refractivity contribution in [1.82, 2.24) is 14.9 Å². The third-order valence-electron chi connectivity index (χ3n) is 3.92. The number of piperidine rings is 1. The van der Waals surface area contributed by atoms with Crippen LogP contribution < -0.4 is 5.32 Å². The monoisotopic (exact) mass is 278 g/mol. The standard InChI is InChI=1S/C15H26N4O/c1-11-12(2)17-13(3)18-15(11)16-9-14(20)10-19-7-5-4-6-8-19/h14,20H,4-10H2,1-3H3,(H,16,17,18)/t14-/m1/s1. The predicted octanol–water partition coefficient (Wildman–Crippen LogP) is 1.66. The van der Waals surface area contributed by atoms with Crippen LogP contribution in [0.4, 0.5) is 5.82 Å². The highest BCUT2D eigenvalue weighted by molar-refractivity contribution is 5.45. The van der Waals surface area contributed by atoms with Crippen molar-refractivity contribution in [2.75, 3.05) is 31.5 Å². The Balaban J connectivity index is 1.85. The number of aromatic nitrogens is 2. The zero-order valence-electron chi connectivity index (χ0n) is 12.8. The molecule has 1 saturated heterocycles. The van der Waals surface area contributed by atoms with Crippen LogP contribution in [0.1, 0.15) is 36.3 Å². The van der Waals surface area contributed by atoms with Crippen molar-refractivity contribution < 1.29 is 5.11 Å². The lowest BCUT2D eigenvalue weighted by Crippen LogP contribution is -2.39. The molecule has 1 aliphatic rings. The topological polar surface area (TPSA) is 61.3 Å². The molecule has 1 aromatic heterocycles. The summed E-state index contributed by atoms with van der Waals surface area (Å²) >= 11 is 0. The lowest BCUT2D eigenvalue weighted by Gasteiger charge is -2.28. The molecule has 1 aromatic rings. The number of hydrogen-bond acceptors (Lipinski definition) is 5. The Morgan fingerprint density at radius 1 is 1.15 bits per heavy atom. The van der Waals surface area contributed by atoms with Crippen LogP contribution in [0.15, 0.2) is 0 Å². The summed E-state index contributed by atoms with van der Waals surface area (Å²) in [4.78, 5) is 11.1. The predicted molar refractivity (Wildman–Crippen MR) is 81.0 cm³/mol. The Bertz CT molecular complexity index is 444. The number of aryl methyl sites for hydroxylation is 2. The minimum Gasteiger partial charge on any atom is -0.390 e. The third kappa shape index (κ3) is 4.15. The first-order valence-corrected chi connectivity index (χ1v) is 7.52. The zero-order valence-corrected chi connectivity index (χ0v) is 12.8. The van der Waals surface area contributed by atoms with E-state index in [2.05, 4.69) is 20.2 Å². The van der Waals surface area contributed by atoms with Crippen LogP contribution in [-0.4, -0.2) is 52.3 Å². The van der Waals surface area contributed by atoms with Crippen LogP contribution >= 0.6 is 0 Å². The molecule has 2 N–H and O–H groups in total. The van der Waals surface area contributed by atoms with Crippen molar-refractivity contribution in [3.05, 3.63) is 17.1 Å². The third-order valence-corrected chi connectivity index (χ3v) is 3.92. The quantitative estimate of drug-likeness (QED) is 0.858. The molecule has 0 spiro atoms. The number of rotatable bonds is 5.